The lowest BCUT2D eigenvalue weighted by Gasteiger charge is -2.16. The van der Waals surface area contributed by atoms with E-state index in [0.29, 0.717) is 32.7 Å². The Hall–Kier alpha value is -1.42. The molecule has 1 unspecified atom stereocenters. The van der Waals surface area contributed by atoms with Crippen molar-refractivity contribution >= 4 is 23.2 Å². The molecule has 0 aliphatic heterocycles. The molecule has 0 aliphatic rings. The summed E-state index contributed by atoms with van der Waals surface area (Å²) in [6, 6.07) is 10.4. The van der Waals surface area contributed by atoms with Crippen LogP contribution in [-0.4, -0.2) is 19.3 Å². The molecule has 0 amide bonds. The molecule has 0 saturated heterocycles. The lowest BCUT2D eigenvalue weighted by Crippen LogP contribution is -2.02. The molecule has 1 N–H and O–H groups in total. The zero-order chi connectivity index (χ0) is 14.7. The minimum Gasteiger partial charge on any atom is -0.493 e. The molecule has 20 heavy (non-hydrogen) atoms. The molecule has 0 heterocycles. The third-order valence-corrected chi connectivity index (χ3v) is 3.60. The maximum atomic E-state index is 10.4. The number of aliphatic hydroxyl groups is 1. The van der Waals surface area contributed by atoms with Crippen molar-refractivity contribution in [3.05, 3.63) is 57.6 Å². The molecule has 0 saturated carbocycles. The van der Waals surface area contributed by atoms with E-state index < -0.39 is 6.10 Å². The van der Waals surface area contributed by atoms with E-state index in [1.807, 2.05) is 6.07 Å². The Labute approximate surface area is 127 Å². The minimum atomic E-state index is -0.888. The molecular weight excluding hydrogens is 299 g/mol. The molecule has 2 rings (SSSR count). The Bertz CT molecular complexity index is 614. The van der Waals surface area contributed by atoms with Crippen molar-refractivity contribution in [2.24, 2.45) is 0 Å². The number of hydrogen-bond acceptors (Lipinski definition) is 3. The number of halogens is 2. The van der Waals surface area contributed by atoms with Gasteiger partial charge in [0.2, 0.25) is 0 Å². The van der Waals surface area contributed by atoms with Crippen molar-refractivity contribution in [2.45, 2.75) is 6.10 Å². The van der Waals surface area contributed by atoms with Crippen molar-refractivity contribution in [1.82, 2.24) is 0 Å². The van der Waals surface area contributed by atoms with E-state index in [-0.39, 0.29) is 0 Å². The van der Waals surface area contributed by atoms with Crippen LogP contribution in [0.1, 0.15) is 17.2 Å². The highest BCUT2D eigenvalue weighted by Crippen LogP contribution is 2.39. The van der Waals surface area contributed by atoms with Crippen LogP contribution in [-0.2, 0) is 0 Å². The van der Waals surface area contributed by atoms with Gasteiger partial charge in [0, 0.05) is 10.6 Å². The molecule has 1 atom stereocenters. The van der Waals surface area contributed by atoms with Crippen molar-refractivity contribution in [2.75, 3.05) is 14.2 Å². The van der Waals surface area contributed by atoms with Gasteiger partial charge in [-0.3, -0.25) is 0 Å². The van der Waals surface area contributed by atoms with Crippen LogP contribution in [0.4, 0.5) is 0 Å². The highest BCUT2D eigenvalue weighted by atomic mass is 35.5. The van der Waals surface area contributed by atoms with Gasteiger partial charge in [-0.25, -0.2) is 0 Å². The van der Waals surface area contributed by atoms with Crippen LogP contribution in [0.2, 0.25) is 10.0 Å². The summed E-state index contributed by atoms with van der Waals surface area (Å²) >= 11 is 12.2. The topological polar surface area (TPSA) is 38.7 Å². The number of ether oxygens (including phenoxy) is 2. The molecule has 106 valence electrons. The normalized spacial score (nSPS) is 12.1. The summed E-state index contributed by atoms with van der Waals surface area (Å²) in [5.74, 6) is 0.894. The van der Waals surface area contributed by atoms with Gasteiger partial charge in [0.25, 0.3) is 0 Å². The fourth-order valence-corrected chi connectivity index (χ4v) is 2.51. The fraction of sp³-hybridized carbons (Fsp3) is 0.200. The molecule has 0 aliphatic carbocycles. The average molecular weight is 313 g/mol. The summed E-state index contributed by atoms with van der Waals surface area (Å²) < 4.78 is 10.4. The van der Waals surface area contributed by atoms with E-state index in [2.05, 4.69) is 0 Å². The SMILES string of the molecule is COc1cc(C(O)c2ccccc2Cl)cc(Cl)c1OC. The van der Waals surface area contributed by atoms with E-state index in [1.54, 1.807) is 30.3 Å². The molecule has 0 bridgehead atoms. The molecular formula is C15H14Cl2O3. The molecule has 0 radical (unpaired) electrons. The smallest absolute Gasteiger partial charge is 0.179 e. The summed E-state index contributed by atoms with van der Waals surface area (Å²) in [6.45, 7) is 0. The van der Waals surface area contributed by atoms with Gasteiger partial charge < -0.3 is 14.6 Å². The molecule has 3 nitrogen and oxygen atoms in total. The van der Waals surface area contributed by atoms with Crippen LogP contribution in [0.3, 0.4) is 0 Å². The largest absolute Gasteiger partial charge is 0.493 e. The van der Waals surface area contributed by atoms with Crippen molar-refractivity contribution in [3.63, 3.8) is 0 Å². The van der Waals surface area contributed by atoms with Gasteiger partial charge in [-0.15, -0.1) is 0 Å². The van der Waals surface area contributed by atoms with Crippen LogP contribution in [0.15, 0.2) is 36.4 Å². The van der Waals surface area contributed by atoms with E-state index in [1.165, 1.54) is 14.2 Å². The summed E-state index contributed by atoms with van der Waals surface area (Å²) in [5.41, 5.74) is 1.19. The van der Waals surface area contributed by atoms with Crippen molar-refractivity contribution in [3.8, 4) is 11.5 Å². The lowest BCUT2D eigenvalue weighted by atomic mass is 10.0. The lowest BCUT2D eigenvalue weighted by molar-refractivity contribution is 0.219. The first-order valence-corrected chi connectivity index (χ1v) is 6.68. The second kappa shape index (κ2) is 6.35. The molecule has 2 aromatic rings. The van der Waals surface area contributed by atoms with Gasteiger partial charge >= 0.3 is 0 Å². The third kappa shape index (κ3) is 2.85. The molecule has 0 spiro atoms. The first-order chi connectivity index (χ1) is 9.58. The van der Waals surface area contributed by atoms with Crippen LogP contribution in [0, 0.1) is 0 Å². The van der Waals surface area contributed by atoms with Crippen molar-refractivity contribution in [1.29, 1.82) is 0 Å². The number of rotatable bonds is 4. The van der Waals surface area contributed by atoms with E-state index in [4.69, 9.17) is 32.7 Å². The van der Waals surface area contributed by atoms with Gasteiger partial charge in [0.1, 0.15) is 6.10 Å². The zero-order valence-electron chi connectivity index (χ0n) is 11.1. The molecule has 2 aromatic carbocycles. The Morgan fingerprint density at radius 1 is 1.00 bits per heavy atom. The third-order valence-electron chi connectivity index (χ3n) is 2.97. The van der Waals surface area contributed by atoms with Crippen LogP contribution in [0.25, 0.3) is 0 Å². The number of aliphatic hydroxyl groups excluding tert-OH is 1. The van der Waals surface area contributed by atoms with Crippen LogP contribution >= 0.6 is 23.2 Å². The first kappa shape index (κ1) is 15.0. The maximum Gasteiger partial charge on any atom is 0.179 e. The standard InChI is InChI=1S/C15H14Cl2O3/c1-19-13-8-9(7-12(17)15(13)20-2)14(18)10-5-3-4-6-11(10)16/h3-8,14,18H,1-2H3. The predicted octanol–water partition coefficient (Wildman–Crippen LogP) is 4.09. The van der Waals surface area contributed by atoms with Gasteiger partial charge in [0.05, 0.1) is 19.2 Å². The molecule has 5 heteroatoms. The minimum absolute atomic E-state index is 0.368. The number of benzene rings is 2. The second-order valence-electron chi connectivity index (χ2n) is 4.16. The highest BCUT2D eigenvalue weighted by Gasteiger charge is 2.18. The van der Waals surface area contributed by atoms with E-state index in [0.717, 1.165) is 0 Å². The van der Waals surface area contributed by atoms with Gasteiger partial charge in [-0.2, -0.15) is 0 Å². The molecule has 0 fully saturated rings. The Balaban J connectivity index is 2.48. The van der Waals surface area contributed by atoms with E-state index >= 15 is 0 Å². The average Bonchev–Trinajstić information content (AvgIpc) is 2.46. The Morgan fingerprint density at radius 2 is 1.70 bits per heavy atom. The van der Waals surface area contributed by atoms with Gasteiger partial charge in [-0.1, -0.05) is 41.4 Å². The highest BCUT2D eigenvalue weighted by molar-refractivity contribution is 6.32. The Morgan fingerprint density at radius 3 is 2.30 bits per heavy atom. The van der Waals surface area contributed by atoms with Gasteiger partial charge in [-0.05, 0) is 23.8 Å². The summed E-state index contributed by atoms with van der Waals surface area (Å²) in [6.07, 6.45) is -0.888. The zero-order valence-corrected chi connectivity index (χ0v) is 12.6. The maximum absolute atomic E-state index is 10.4. The molecule has 0 aromatic heterocycles. The Kier molecular flexibility index (Phi) is 4.76. The number of methoxy groups -OCH3 is 2. The van der Waals surface area contributed by atoms with Crippen LogP contribution < -0.4 is 9.47 Å². The number of hydrogen-bond donors (Lipinski definition) is 1. The van der Waals surface area contributed by atoms with Gasteiger partial charge in [0.15, 0.2) is 11.5 Å². The summed E-state index contributed by atoms with van der Waals surface area (Å²) in [7, 11) is 3.02. The predicted molar refractivity (Wildman–Crippen MR) is 80.1 cm³/mol. The van der Waals surface area contributed by atoms with E-state index in [9.17, 15) is 5.11 Å². The summed E-state index contributed by atoms with van der Waals surface area (Å²) in [4.78, 5) is 0. The monoisotopic (exact) mass is 312 g/mol. The fourth-order valence-electron chi connectivity index (χ4n) is 1.97. The second-order valence-corrected chi connectivity index (χ2v) is 4.98. The summed E-state index contributed by atoms with van der Waals surface area (Å²) in [5, 5.41) is 11.3. The quantitative estimate of drug-likeness (QED) is 0.924. The first-order valence-electron chi connectivity index (χ1n) is 5.92. The van der Waals surface area contributed by atoms with Crippen LogP contribution in [0.5, 0.6) is 11.5 Å². The van der Waals surface area contributed by atoms with Crippen molar-refractivity contribution < 1.29 is 14.6 Å².